The molecule has 3 nitrogen and oxygen atoms in total. The summed E-state index contributed by atoms with van der Waals surface area (Å²) in [7, 11) is 0. The zero-order valence-electron chi connectivity index (χ0n) is 10.3. The van der Waals surface area contributed by atoms with E-state index in [1.165, 1.54) is 25.7 Å². The molecule has 2 saturated carbocycles. The Balaban J connectivity index is 1.96. The van der Waals surface area contributed by atoms with Crippen molar-refractivity contribution in [3.8, 4) is 0 Å². The van der Waals surface area contributed by atoms with Crippen LogP contribution in [-0.4, -0.2) is 18.4 Å². The van der Waals surface area contributed by atoms with E-state index in [2.05, 4.69) is 4.90 Å². The molecule has 18 heavy (non-hydrogen) atoms. The first-order chi connectivity index (χ1) is 8.66. The summed E-state index contributed by atoms with van der Waals surface area (Å²) in [6, 6.07) is 6.43. The van der Waals surface area contributed by atoms with E-state index in [4.69, 9.17) is 22.7 Å². The second-order valence-corrected chi connectivity index (χ2v) is 5.78. The molecule has 3 rings (SSSR count). The van der Waals surface area contributed by atoms with Crippen LogP contribution in [0.2, 0.25) is 5.02 Å². The molecule has 0 spiro atoms. The van der Waals surface area contributed by atoms with E-state index in [1.807, 2.05) is 18.2 Å². The van der Waals surface area contributed by atoms with E-state index >= 15 is 0 Å². The molecule has 1 aromatic carbocycles. The van der Waals surface area contributed by atoms with Gasteiger partial charge in [-0.1, -0.05) is 17.7 Å². The number of hydrogen-bond acceptors (Lipinski definition) is 2. The number of rotatable bonds is 5. The lowest BCUT2D eigenvalue weighted by molar-refractivity contribution is 0.718. The molecule has 0 radical (unpaired) electrons. The Bertz CT molecular complexity index is 478. The first-order valence-electron chi connectivity index (χ1n) is 6.56. The number of anilines is 1. The Labute approximate surface area is 112 Å². The maximum atomic E-state index is 7.74. The summed E-state index contributed by atoms with van der Waals surface area (Å²) in [5.41, 5.74) is 7.44. The molecule has 0 heterocycles. The fourth-order valence-corrected chi connectivity index (χ4v) is 2.70. The summed E-state index contributed by atoms with van der Waals surface area (Å²) >= 11 is 6.20. The zero-order chi connectivity index (χ0) is 12.7. The Kier molecular flexibility index (Phi) is 2.94. The lowest BCUT2D eigenvalue weighted by atomic mass is 10.1. The Morgan fingerprint density at radius 3 is 2.61 bits per heavy atom. The minimum absolute atomic E-state index is 0.0667. The van der Waals surface area contributed by atoms with Crippen LogP contribution in [0.3, 0.4) is 0 Å². The quantitative estimate of drug-likeness (QED) is 0.634. The zero-order valence-corrected chi connectivity index (χ0v) is 11.1. The molecular weight excluding hydrogens is 246 g/mol. The topological polar surface area (TPSA) is 53.1 Å². The summed E-state index contributed by atoms with van der Waals surface area (Å²) in [6.45, 7) is 1.09. The SMILES string of the molecule is N=C(N)c1c(Cl)cccc1N(CC1CC1)C1CC1. The van der Waals surface area contributed by atoms with Gasteiger partial charge in [0.2, 0.25) is 0 Å². The van der Waals surface area contributed by atoms with Crippen LogP contribution in [0.15, 0.2) is 18.2 Å². The van der Waals surface area contributed by atoms with Gasteiger partial charge in [0.05, 0.1) is 10.6 Å². The molecule has 96 valence electrons. The van der Waals surface area contributed by atoms with Crippen molar-refractivity contribution in [2.24, 2.45) is 11.7 Å². The van der Waals surface area contributed by atoms with Gasteiger partial charge < -0.3 is 10.6 Å². The summed E-state index contributed by atoms with van der Waals surface area (Å²) in [4.78, 5) is 2.42. The molecule has 0 atom stereocenters. The third kappa shape index (κ3) is 2.32. The molecule has 0 amide bonds. The monoisotopic (exact) mass is 263 g/mol. The van der Waals surface area contributed by atoms with Gasteiger partial charge in [0.1, 0.15) is 5.84 Å². The van der Waals surface area contributed by atoms with Crippen molar-refractivity contribution in [2.45, 2.75) is 31.7 Å². The van der Waals surface area contributed by atoms with Crippen LogP contribution in [-0.2, 0) is 0 Å². The number of halogens is 1. The van der Waals surface area contributed by atoms with E-state index in [0.29, 0.717) is 16.6 Å². The molecule has 0 aliphatic heterocycles. The van der Waals surface area contributed by atoms with Crippen molar-refractivity contribution in [1.82, 2.24) is 0 Å². The van der Waals surface area contributed by atoms with E-state index in [9.17, 15) is 0 Å². The lowest BCUT2D eigenvalue weighted by Gasteiger charge is -2.27. The van der Waals surface area contributed by atoms with E-state index < -0.39 is 0 Å². The molecule has 1 aromatic rings. The van der Waals surface area contributed by atoms with Gasteiger partial charge in [0.15, 0.2) is 0 Å². The molecule has 2 fully saturated rings. The first kappa shape index (κ1) is 11.8. The molecular formula is C14H18ClN3. The number of nitrogens with one attached hydrogen (secondary N) is 1. The molecule has 3 N–H and O–H groups in total. The smallest absolute Gasteiger partial charge is 0.126 e. The van der Waals surface area contributed by atoms with Crippen molar-refractivity contribution < 1.29 is 0 Å². The third-order valence-corrected chi connectivity index (χ3v) is 4.02. The Morgan fingerprint density at radius 2 is 2.06 bits per heavy atom. The summed E-state index contributed by atoms with van der Waals surface area (Å²) in [5, 5.41) is 8.32. The summed E-state index contributed by atoms with van der Waals surface area (Å²) in [5.74, 6) is 0.890. The molecule has 0 aromatic heterocycles. The number of amidine groups is 1. The third-order valence-electron chi connectivity index (χ3n) is 3.71. The highest BCUT2D eigenvalue weighted by Crippen LogP contribution is 2.40. The molecule has 0 bridgehead atoms. The fourth-order valence-electron chi connectivity index (χ4n) is 2.43. The van der Waals surface area contributed by atoms with Crippen molar-refractivity contribution in [2.75, 3.05) is 11.4 Å². The van der Waals surface area contributed by atoms with Gasteiger partial charge in [0.25, 0.3) is 0 Å². The first-order valence-corrected chi connectivity index (χ1v) is 6.94. The maximum Gasteiger partial charge on any atom is 0.126 e. The molecule has 0 unspecified atom stereocenters. The molecule has 4 heteroatoms. The maximum absolute atomic E-state index is 7.74. The van der Waals surface area contributed by atoms with Crippen LogP contribution >= 0.6 is 11.6 Å². The fraction of sp³-hybridized carbons (Fsp3) is 0.500. The second kappa shape index (κ2) is 4.47. The van der Waals surface area contributed by atoms with Crippen LogP contribution in [0.25, 0.3) is 0 Å². The number of hydrogen-bond donors (Lipinski definition) is 2. The van der Waals surface area contributed by atoms with Gasteiger partial charge >= 0.3 is 0 Å². The van der Waals surface area contributed by atoms with Crippen molar-refractivity contribution >= 4 is 23.1 Å². The Hall–Kier alpha value is -1.22. The van der Waals surface area contributed by atoms with Crippen molar-refractivity contribution in [3.63, 3.8) is 0 Å². The van der Waals surface area contributed by atoms with Gasteiger partial charge in [-0.2, -0.15) is 0 Å². The van der Waals surface area contributed by atoms with E-state index in [-0.39, 0.29) is 5.84 Å². The predicted molar refractivity (Wildman–Crippen MR) is 75.6 cm³/mol. The normalized spacial score (nSPS) is 18.7. The number of nitrogens with two attached hydrogens (primary N) is 1. The largest absolute Gasteiger partial charge is 0.384 e. The highest BCUT2D eigenvalue weighted by Gasteiger charge is 2.35. The highest BCUT2D eigenvalue weighted by atomic mass is 35.5. The summed E-state index contributed by atoms with van der Waals surface area (Å²) < 4.78 is 0. The van der Waals surface area contributed by atoms with Gasteiger partial charge in [-0.25, -0.2) is 0 Å². The summed E-state index contributed by atoms with van der Waals surface area (Å²) in [6.07, 6.45) is 5.16. The molecule has 0 saturated heterocycles. The van der Waals surface area contributed by atoms with E-state index in [0.717, 1.165) is 18.2 Å². The lowest BCUT2D eigenvalue weighted by Crippen LogP contribution is -2.30. The molecule has 2 aliphatic carbocycles. The number of nitrogen functional groups attached to an aromatic ring is 1. The van der Waals surface area contributed by atoms with E-state index in [1.54, 1.807) is 0 Å². The minimum atomic E-state index is 0.0667. The van der Waals surface area contributed by atoms with Gasteiger partial charge in [-0.15, -0.1) is 0 Å². The van der Waals surface area contributed by atoms with Gasteiger partial charge in [0, 0.05) is 18.3 Å². The van der Waals surface area contributed by atoms with Crippen molar-refractivity contribution in [3.05, 3.63) is 28.8 Å². The van der Waals surface area contributed by atoms with Crippen LogP contribution in [0.5, 0.6) is 0 Å². The highest BCUT2D eigenvalue weighted by molar-refractivity contribution is 6.34. The average molecular weight is 264 g/mol. The van der Waals surface area contributed by atoms with Crippen molar-refractivity contribution in [1.29, 1.82) is 5.41 Å². The minimum Gasteiger partial charge on any atom is -0.384 e. The van der Waals surface area contributed by atoms with Crippen LogP contribution < -0.4 is 10.6 Å². The molecule has 2 aliphatic rings. The average Bonchev–Trinajstić information content (AvgIpc) is 3.17. The number of benzene rings is 1. The van der Waals surface area contributed by atoms with Crippen LogP contribution in [0.4, 0.5) is 5.69 Å². The second-order valence-electron chi connectivity index (χ2n) is 5.37. The van der Waals surface area contributed by atoms with Gasteiger partial charge in [-0.05, 0) is 43.7 Å². The standard InChI is InChI=1S/C14H18ClN3/c15-11-2-1-3-12(13(11)14(16)17)18(10-6-7-10)8-9-4-5-9/h1-3,9-10H,4-8H2,(H3,16,17). The Morgan fingerprint density at radius 1 is 1.33 bits per heavy atom. The predicted octanol–water partition coefficient (Wildman–Crippen LogP) is 3.00. The van der Waals surface area contributed by atoms with Gasteiger partial charge in [-0.3, -0.25) is 5.41 Å². The number of nitrogens with zero attached hydrogens (tertiary/aromatic N) is 1. The van der Waals surface area contributed by atoms with Crippen LogP contribution in [0.1, 0.15) is 31.2 Å². The van der Waals surface area contributed by atoms with Crippen LogP contribution in [0, 0.1) is 11.3 Å².